The highest BCUT2D eigenvalue weighted by atomic mass is 79.9. The summed E-state index contributed by atoms with van der Waals surface area (Å²) < 4.78 is 6.00. The number of rotatable bonds is 8. The van der Waals surface area contributed by atoms with Crippen LogP contribution < -0.4 is 4.90 Å². The SMILES string of the molecule is CN(Cc1ccc(Br)o1)C(=O)CCC(=O)N(CCC#N)c1ccccc1. The minimum atomic E-state index is -0.172. The predicted octanol–water partition coefficient (Wildman–Crippen LogP) is 3.73. The molecule has 0 unspecified atom stereocenters. The normalized spacial score (nSPS) is 10.2. The minimum absolute atomic E-state index is 0.0886. The van der Waals surface area contributed by atoms with E-state index in [2.05, 4.69) is 22.0 Å². The van der Waals surface area contributed by atoms with Gasteiger partial charge in [-0.1, -0.05) is 18.2 Å². The number of nitrogens with zero attached hydrogens (tertiary/aromatic N) is 3. The van der Waals surface area contributed by atoms with Crippen molar-refractivity contribution < 1.29 is 14.0 Å². The third-order valence-electron chi connectivity index (χ3n) is 3.82. The molecule has 0 atom stereocenters. The van der Waals surface area contributed by atoms with Gasteiger partial charge in [0.2, 0.25) is 11.8 Å². The van der Waals surface area contributed by atoms with Crippen LogP contribution in [0.2, 0.25) is 0 Å². The fraction of sp³-hybridized carbons (Fsp3) is 0.316. The number of nitriles is 1. The average Bonchev–Trinajstić information content (AvgIpc) is 3.05. The molecule has 0 aliphatic carbocycles. The topological polar surface area (TPSA) is 77.6 Å². The van der Waals surface area contributed by atoms with Gasteiger partial charge in [-0.05, 0) is 40.2 Å². The molecular formula is C19H20BrN3O3. The summed E-state index contributed by atoms with van der Waals surface area (Å²) in [6.45, 7) is 0.652. The maximum Gasteiger partial charge on any atom is 0.227 e. The number of furan rings is 1. The van der Waals surface area contributed by atoms with Crippen LogP contribution >= 0.6 is 15.9 Å². The molecule has 0 saturated heterocycles. The van der Waals surface area contributed by atoms with Crippen molar-refractivity contribution in [1.29, 1.82) is 5.26 Å². The zero-order valence-corrected chi connectivity index (χ0v) is 16.1. The second-order valence-electron chi connectivity index (χ2n) is 5.74. The molecule has 2 amide bonds. The van der Waals surface area contributed by atoms with Crippen LogP contribution in [0.4, 0.5) is 5.69 Å². The van der Waals surface area contributed by atoms with Crippen LogP contribution in [-0.2, 0) is 16.1 Å². The molecule has 0 aliphatic heterocycles. The van der Waals surface area contributed by atoms with Gasteiger partial charge in [0.25, 0.3) is 0 Å². The Hall–Kier alpha value is -2.59. The van der Waals surface area contributed by atoms with Gasteiger partial charge in [-0.2, -0.15) is 5.26 Å². The van der Waals surface area contributed by atoms with Gasteiger partial charge in [-0.25, -0.2) is 0 Å². The Morgan fingerprint density at radius 3 is 2.42 bits per heavy atom. The summed E-state index contributed by atoms with van der Waals surface area (Å²) in [4.78, 5) is 27.9. The number of amides is 2. The zero-order chi connectivity index (χ0) is 18.9. The summed E-state index contributed by atoms with van der Waals surface area (Å²) in [5.74, 6) is 0.354. The van der Waals surface area contributed by atoms with Crippen molar-refractivity contribution in [2.24, 2.45) is 0 Å². The van der Waals surface area contributed by atoms with Crippen LogP contribution in [-0.4, -0.2) is 30.3 Å². The molecule has 26 heavy (non-hydrogen) atoms. The van der Waals surface area contributed by atoms with E-state index in [1.807, 2.05) is 30.3 Å². The summed E-state index contributed by atoms with van der Waals surface area (Å²) in [6.07, 6.45) is 0.431. The van der Waals surface area contributed by atoms with Crippen LogP contribution in [0.5, 0.6) is 0 Å². The second-order valence-corrected chi connectivity index (χ2v) is 6.53. The van der Waals surface area contributed by atoms with Crippen LogP contribution in [0.1, 0.15) is 25.0 Å². The predicted molar refractivity (Wildman–Crippen MR) is 101 cm³/mol. The highest BCUT2D eigenvalue weighted by Gasteiger charge is 2.18. The highest BCUT2D eigenvalue weighted by Crippen LogP contribution is 2.17. The molecule has 0 saturated carbocycles. The Kier molecular flexibility index (Phi) is 7.42. The van der Waals surface area contributed by atoms with Crippen molar-refractivity contribution in [2.45, 2.75) is 25.8 Å². The number of carbonyl (C=O) groups excluding carboxylic acids is 2. The average molecular weight is 418 g/mol. The molecule has 0 N–H and O–H groups in total. The van der Waals surface area contributed by atoms with Crippen LogP contribution in [0, 0.1) is 11.3 Å². The van der Waals surface area contributed by atoms with E-state index < -0.39 is 0 Å². The number of hydrogen-bond acceptors (Lipinski definition) is 4. The van der Waals surface area contributed by atoms with Gasteiger partial charge in [-0.3, -0.25) is 9.59 Å². The van der Waals surface area contributed by atoms with E-state index in [1.54, 1.807) is 24.1 Å². The van der Waals surface area contributed by atoms with Gasteiger partial charge < -0.3 is 14.2 Å². The van der Waals surface area contributed by atoms with Crippen LogP contribution in [0.3, 0.4) is 0 Å². The van der Waals surface area contributed by atoms with Crippen LogP contribution in [0.15, 0.2) is 51.6 Å². The first kappa shape index (κ1) is 19.7. The van der Waals surface area contributed by atoms with Gasteiger partial charge in [0, 0.05) is 32.1 Å². The molecule has 1 aromatic carbocycles. The third kappa shape index (κ3) is 5.74. The fourth-order valence-corrected chi connectivity index (χ4v) is 2.81. The van der Waals surface area contributed by atoms with E-state index in [9.17, 15) is 9.59 Å². The van der Waals surface area contributed by atoms with Gasteiger partial charge in [-0.15, -0.1) is 0 Å². The summed E-state index contributed by atoms with van der Waals surface area (Å²) in [6, 6.07) is 14.8. The Morgan fingerprint density at radius 1 is 1.12 bits per heavy atom. The Morgan fingerprint density at radius 2 is 1.81 bits per heavy atom. The maximum atomic E-state index is 12.6. The first-order valence-electron chi connectivity index (χ1n) is 8.22. The number of hydrogen-bond donors (Lipinski definition) is 0. The molecule has 0 fully saturated rings. The van der Waals surface area contributed by atoms with Crippen molar-refractivity contribution in [3.63, 3.8) is 0 Å². The summed E-state index contributed by atoms with van der Waals surface area (Å²) in [7, 11) is 1.67. The lowest BCUT2D eigenvalue weighted by Crippen LogP contribution is -2.33. The second kappa shape index (κ2) is 9.78. The van der Waals surface area contributed by atoms with E-state index in [0.717, 1.165) is 5.69 Å². The number of benzene rings is 1. The Balaban J connectivity index is 1.91. The van der Waals surface area contributed by atoms with Crippen molar-refractivity contribution in [3.8, 4) is 6.07 Å². The van der Waals surface area contributed by atoms with E-state index in [4.69, 9.17) is 9.68 Å². The lowest BCUT2D eigenvalue weighted by atomic mass is 10.2. The molecule has 2 rings (SSSR count). The molecule has 0 spiro atoms. The van der Waals surface area contributed by atoms with Gasteiger partial charge in [0.1, 0.15) is 5.76 Å². The zero-order valence-electron chi connectivity index (χ0n) is 14.5. The molecule has 0 aliphatic rings. The number of para-hydroxylation sites is 1. The molecule has 6 nitrogen and oxygen atoms in total. The Labute approximate surface area is 161 Å². The maximum absolute atomic E-state index is 12.6. The number of carbonyl (C=O) groups is 2. The van der Waals surface area contributed by atoms with Gasteiger partial charge >= 0.3 is 0 Å². The van der Waals surface area contributed by atoms with E-state index in [0.29, 0.717) is 23.5 Å². The molecule has 2 aromatic rings. The largest absolute Gasteiger partial charge is 0.452 e. The summed E-state index contributed by atoms with van der Waals surface area (Å²) in [5.41, 5.74) is 0.731. The van der Waals surface area contributed by atoms with E-state index in [-0.39, 0.29) is 31.1 Å². The van der Waals surface area contributed by atoms with E-state index in [1.165, 1.54) is 4.90 Å². The molecule has 136 valence electrons. The lowest BCUT2D eigenvalue weighted by Gasteiger charge is -2.22. The van der Waals surface area contributed by atoms with Gasteiger partial charge in [0.15, 0.2) is 4.67 Å². The van der Waals surface area contributed by atoms with Gasteiger partial charge in [0.05, 0.1) is 19.0 Å². The first-order chi connectivity index (χ1) is 12.5. The summed E-state index contributed by atoms with van der Waals surface area (Å²) in [5, 5.41) is 8.82. The van der Waals surface area contributed by atoms with E-state index >= 15 is 0 Å². The van der Waals surface area contributed by atoms with Crippen LogP contribution in [0.25, 0.3) is 0 Å². The molecule has 1 aromatic heterocycles. The monoisotopic (exact) mass is 417 g/mol. The van der Waals surface area contributed by atoms with Crippen molar-refractivity contribution in [3.05, 3.63) is 52.9 Å². The lowest BCUT2D eigenvalue weighted by molar-refractivity contribution is -0.132. The molecular weight excluding hydrogens is 398 g/mol. The minimum Gasteiger partial charge on any atom is -0.452 e. The quantitative estimate of drug-likeness (QED) is 0.655. The van der Waals surface area contributed by atoms with Crippen molar-refractivity contribution in [2.75, 3.05) is 18.5 Å². The molecule has 0 bridgehead atoms. The first-order valence-corrected chi connectivity index (χ1v) is 9.01. The third-order valence-corrected chi connectivity index (χ3v) is 4.24. The smallest absolute Gasteiger partial charge is 0.227 e. The molecule has 0 radical (unpaired) electrons. The van der Waals surface area contributed by atoms with Crippen molar-refractivity contribution in [1.82, 2.24) is 4.90 Å². The summed E-state index contributed by atoms with van der Waals surface area (Å²) >= 11 is 3.22. The number of anilines is 1. The van der Waals surface area contributed by atoms with Crippen molar-refractivity contribution >= 4 is 33.4 Å². The fourth-order valence-electron chi connectivity index (χ4n) is 2.47. The highest BCUT2D eigenvalue weighted by molar-refractivity contribution is 9.10. The molecule has 1 heterocycles. The standard InChI is InChI=1S/C19H20BrN3O3/c1-22(14-16-8-9-17(20)26-16)18(24)10-11-19(25)23(13-5-12-21)15-6-3-2-4-7-15/h2-4,6-9H,5,10-11,13-14H2,1H3. The Bertz CT molecular complexity index is 783. The molecule has 7 heteroatoms. The number of halogens is 1.